The average molecular weight is 527 g/mol. The van der Waals surface area contributed by atoms with E-state index in [2.05, 4.69) is 6.92 Å². The molecule has 1 saturated heterocycles. The minimum Gasteiger partial charge on any atom is -0.393 e. The molecular weight excluding hydrogens is 492 g/mol. The number of aryl methyl sites for hydroxylation is 2. The first-order chi connectivity index (χ1) is 18.4. The SMILES string of the molecule is CCCC(O)C1CCC(c2ccc(-c3ccc(CCc4ccc(C5CO5)c(F)c4F)cc3)c(F)c2F)CC1. The maximum absolute atomic E-state index is 15.2. The van der Waals surface area contributed by atoms with Crippen molar-refractivity contribution >= 4 is 0 Å². The zero-order valence-corrected chi connectivity index (χ0v) is 21.7. The van der Waals surface area contributed by atoms with Crippen LogP contribution in [0.15, 0.2) is 48.5 Å². The van der Waals surface area contributed by atoms with Crippen molar-refractivity contribution in [1.29, 1.82) is 0 Å². The lowest BCUT2D eigenvalue weighted by molar-refractivity contribution is 0.0727. The summed E-state index contributed by atoms with van der Waals surface area (Å²) in [6.07, 6.45) is 5.02. The Morgan fingerprint density at radius 3 is 2.11 bits per heavy atom. The highest BCUT2D eigenvalue weighted by Gasteiger charge is 2.31. The van der Waals surface area contributed by atoms with E-state index >= 15 is 8.78 Å². The quantitative estimate of drug-likeness (QED) is 0.225. The fraction of sp³-hybridized carbons (Fsp3) is 0.438. The number of aliphatic hydroxyl groups excluding tert-OH is 1. The lowest BCUT2D eigenvalue weighted by atomic mass is 9.75. The molecule has 1 aliphatic heterocycles. The molecule has 0 radical (unpaired) electrons. The smallest absolute Gasteiger partial charge is 0.166 e. The molecular formula is C32H34F4O2. The molecule has 1 N–H and O–H groups in total. The molecule has 1 heterocycles. The van der Waals surface area contributed by atoms with E-state index in [0.29, 0.717) is 36.1 Å². The average Bonchev–Trinajstić information content (AvgIpc) is 3.77. The van der Waals surface area contributed by atoms with Gasteiger partial charge in [0.1, 0.15) is 6.10 Å². The van der Waals surface area contributed by atoms with E-state index in [0.717, 1.165) is 44.1 Å². The highest BCUT2D eigenvalue weighted by molar-refractivity contribution is 5.65. The van der Waals surface area contributed by atoms with Crippen molar-refractivity contribution in [3.63, 3.8) is 0 Å². The van der Waals surface area contributed by atoms with Gasteiger partial charge in [-0.3, -0.25) is 0 Å². The molecule has 5 rings (SSSR count). The Kier molecular flexibility index (Phi) is 8.20. The Labute approximate surface area is 221 Å². The maximum Gasteiger partial charge on any atom is 0.166 e. The van der Waals surface area contributed by atoms with Gasteiger partial charge in [-0.25, -0.2) is 17.6 Å². The van der Waals surface area contributed by atoms with Crippen molar-refractivity contribution in [3.05, 3.63) is 94.1 Å². The summed E-state index contributed by atoms with van der Waals surface area (Å²) in [7, 11) is 0. The Balaban J connectivity index is 1.23. The molecule has 2 nitrogen and oxygen atoms in total. The van der Waals surface area contributed by atoms with Gasteiger partial charge >= 0.3 is 0 Å². The number of benzene rings is 3. The number of ether oxygens (including phenoxy) is 1. The molecule has 3 aromatic rings. The number of aliphatic hydroxyl groups is 1. The van der Waals surface area contributed by atoms with Gasteiger partial charge < -0.3 is 9.84 Å². The summed E-state index contributed by atoms with van der Waals surface area (Å²) in [5, 5.41) is 10.3. The van der Waals surface area contributed by atoms with E-state index in [1.54, 1.807) is 36.4 Å². The monoisotopic (exact) mass is 526 g/mol. The van der Waals surface area contributed by atoms with Crippen molar-refractivity contribution in [2.45, 2.75) is 76.4 Å². The summed E-state index contributed by atoms with van der Waals surface area (Å²) in [5.74, 6) is -3.12. The first-order valence-electron chi connectivity index (χ1n) is 13.7. The highest BCUT2D eigenvalue weighted by Crippen LogP contribution is 2.40. The van der Waals surface area contributed by atoms with Crippen LogP contribution in [0.4, 0.5) is 17.6 Å². The molecule has 2 atom stereocenters. The van der Waals surface area contributed by atoms with Crippen LogP contribution >= 0.6 is 0 Å². The van der Waals surface area contributed by atoms with Crippen LogP contribution in [-0.2, 0) is 17.6 Å². The van der Waals surface area contributed by atoms with Crippen molar-refractivity contribution in [2.24, 2.45) is 5.92 Å². The second kappa shape index (κ2) is 11.6. The zero-order valence-electron chi connectivity index (χ0n) is 21.7. The number of rotatable bonds is 9. The minimum atomic E-state index is -0.847. The summed E-state index contributed by atoms with van der Waals surface area (Å²) in [6.45, 7) is 2.47. The predicted molar refractivity (Wildman–Crippen MR) is 140 cm³/mol. The third kappa shape index (κ3) is 5.67. The van der Waals surface area contributed by atoms with Gasteiger partial charge in [0.05, 0.1) is 12.7 Å². The zero-order chi connectivity index (χ0) is 26.8. The summed E-state index contributed by atoms with van der Waals surface area (Å²) in [5.41, 5.74) is 2.63. The molecule has 202 valence electrons. The predicted octanol–water partition coefficient (Wildman–Crippen LogP) is 8.20. The molecule has 2 unspecified atom stereocenters. The standard InChI is InChI=1S/C32H34F4O2/c1-2-3-27(37)22-12-10-21(11-13-22)25-17-16-24(30(34)31(25)35)20-7-4-19(5-8-20)6-9-23-14-15-26(28-18-38-28)32(36)29(23)33/h4-5,7-8,14-17,21-22,27-28,37H,2-3,6,9-13,18H2,1H3. The van der Waals surface area contributed by atoms with Gasteiger partial charge in [-0.05, 0) is 79.0 Å². The summed E-state index contributed by atoms with van der Waals surface area (Å²) < 4.78 is 64.1. The van der Waals surface area contributed by atoms with Gasteiger partial charge in [0.15, 0.2) is 23.3 Å². The van der Waals surface area contributed by atoms with Crippen molar-refractivity contribution in [2.75, 3.05) is 6.61 Å². The van der Waals surface area contributed by atoms with Crippen molar-refractivity contribution in [1.82, 2.24) is 0 Å². The molecule has 6 heteroatoms. The van der Waals surface area contributed by atoms with E-state index in [9.17, 15) is 13.9 Å². The molecule has 0 amide bonds. The second-order valence-corrected chi connectivity index (χ2v) is 10.8. The molecule has 2 fully saturated rings. The molecule has 2 aliphatic rings. The topological polar surface area (TPSA) is 32.8 Å². The minimum absolute atomic E-state index is 0.0397. The van der Waals surface area contributed by atoms with Crippen LogP contribution < -0.4 is 0 Å². The van der Waals surface area contributed by atoms with Gasteiger partial charge in [-0.15, -0.1) is 0 Å². The first kappa shape index (κ1) is 26.9. The fourth-order valence-corrected chi connectivity index (χ4v) is 5.85. The normalized spacial score (nSPS) is 21.9. The Morgan fingerprint density at radius 1 is 0.789 bits per heavy atom. The van der Waals surface area contributed by atoms with Gasteiger partial charge in [0, 0.05) is 11.1 Å². The largest absolute Gasteiger partial charge is 0.393 e. The Morgan fingerprint density at radius 2 is 1.45 bits per heavy atom. The summed E-state index contributed by atoms with van der Waals surface area (Å²) >= 11 is 0. The Bertz CT molecular complexity index is 1260. The van der Waals surface area contributed by atoms with Crippen LogP contribution in [0, 0.1) is 29.2 Å². The highest BCUT2D eigenvalue weighted by atomic mass is 19.2. The number of hydrogen-bond donors (Lipinski definition) is 1. The molecule has 0 spiro atoms. The molecule has 0 bridgehead atoms. The van der Waals surface area contributed by atoms with Gasteiger partial charge in [0.2, 0.25) is 0 Å². The summed E-state index contributed by atoms with van der Waals surface area (Å²) in [6, 6.07) is 13.6. The Hall–Kier alpha value is -2.70. The molecule has 3 aromatic carbocycles. The lowest BCUT2D eigenvalue weighted by Crippen LogP contribution is -2.25. The third-order valence-corrected chi connectivity index (χ3v) is 8.27. The third-order valence-electron chi connectivity index (χ3n) is 8.27. The van der Waals surface area contributed by atoms with Crippen LogP contribution in [-0.4, -0.2) is 17.8 Å². The summed E-state index contributed by atoms with van der Waals surface area (Å²) in [4.78, 5) is 0. The lowest BCUT2D eigenvalue weighted by Gasteiger charge is -2.32. The van der Waals surface area contributed by atoms with Crippen LogP contribution in [0.3, 0.4) is 0 Å². The first-order valence-corrected chi connectivity index (χ1v) is 13.7. The molecule has 0 aromatic heterocycles. The van der Waals surface area contributed by atoms with Gasteiger partial charge in [-0.2, -0.15) is 0 Å². The number of hydrogen-bond acceptors (Lipinski definition) is 2. The van der Waals surface area contributed by atoms with Crippen molar-refractivity contribution in [3.8, 4) is 11.1 Å². The number of epoxide rings is 1. The van der Waals surface area contributed by atoms with Crippen LogP contribution in [0.25, 0.3) is 11.1 Å². The van der Waals surface area contributed by atoms with E-state index in [1.165, 1.54) is 0 Å². The van der Waals surface area contributed by atoms with Crippen LogP contribution in [0.5, 0.6) is 0 Å². The van der Waals surface area contributed by atoms with E-state index in [-0.39, 0.29) is 35.2 Å². The van der Waals surface area contributed by atoms with Gasteiger partial charge in [0.25, 0.3) is 0 Å². The van der Waals surface area contributed by atoms with Gasteiger partial charge in [-0.1, -0.05) is 61.9 Å². The molecule has 38 heavy (non-hydrogen) atoms. The molecule has 1 aliphatic carbocycles. The van der Waals surface area contributed by atoms with E-state index < -0.39 is 23.3 Å². The number of halogens is 4. The fourth-order valence-electron chi connectivity index (χ4n) is 5.85. The maximum atomic E-state index is 15.2. The molecule has 1 saturated carbocycles. The van der Waals surface area contributed by atoms with Crippen LogP contribution in [0.2, 0.25) is 0 Å². The van der Waals surface area contributed by atoms with E-state index in [1.807, 2.05) is 12.1 Å². The van der Waals surface area contributed by atoms with E-state index in [4.69, 9.17) is 4.74 Å². The van der Waals surface area contributed by atoms with Crippen LogP contribution in [0.1, 0.15) is 79.7 Å². The second-order valence-electron chi connectivity index (χ2n) is 10.8. The van der Waals surface area contributed by atoms with Crippen molar-refractivity contribution < 1.29 is 27.4 Å².